The largest absolute Gasteiger partial charge is 0.465 e. The summed E-state index contributed by atoms with van der Waals surface area (Å²) in [6, 6.07) is 5.83. The number of fused-ring (bicyclic) bond motifs is 1. The maximum atomic E-state index is 14.2. The van der Waals surface area contributed by atoms with Gasteiger partial charge in [0.05, 0.1) is 48.0 Å². The number of methoxy groups -OCH3 is 1. The second-order valence-electron chi connectivity index (χ2n) is 15.0. The molecule has 14 nitrogen and oxygen atoms in total. The third-order valence-electron chi connectivity index (χ3n) is 10.8. The zero-order chi connectivity index (χ0) is 39.6. The molecule has 0 atom stereocenters. The number of alkyl halides is 3. The molecule has 1 aliphatic heterocycles. The average molecular weight is 778 g/mol. The number of imidazole rings is 1. The van der Waals surface area contributed by atoms with Crippen LogP contribution in [0.15, 0.2) is 36.7 Å². The van der Waals surface area contributed by atoms with Crippen LogP contribution in [-0.2, 0) is 20.4 Å². The van der Waals surface area contributed by atoms with Crippen LogP contribution >= 0.6 is 0 Å². The van der Waals surface area contributed by atoms with Crippen molar-refractivity contribution in [3.05, 3.63) is 59.2 Å². The van der Waals surface area contributed by atoms with Gasteiger partial charge in [-0.25, -0.2) is 4.98 Å². The number of hydrogen-bond donors (Lipinski definition) is 2. The van der Waals surface area contributed by atoms with Crippen molar-refractivity contribution in [3.8, 4) is 11.3 Å². The van der Waals surface area contributed by atoms with Crippen molar-refractivity contribution in [2.75, 3.05) is 76.9 Å². The fourth-order valence-corrected chi connectivity index (χ4v) is 7.88. The first kappa shape index (κ1) is 39.1. The number of nitrogens with one attached hydrogen (secondary N) is 2. The van der Waals surface area contributed by atoms with E-state index >= 15 is 0 Å². The van der Waals surface area contributed by atoms with Crippen molar-refractivity contribution in [3.63, 3.8) is 0 Å². The van der Waals surface area contributed by atoms with Crippen molar-refractivity contribution in [2.24, 2.45) is 5.41 Å². The quantitative estimate of drug-likeness (QED) is 0.165. The van der Waals surface area contributed by atoms with Crippen molar-refractivity contribution in [1.82, 2.24) is 34.7 Å². The Morgan fingerprint density at radius 1 is 1.04 bits per heavy atom. The maximum Gasteiger partial charge on any atom is 0.418 e. The number of aromatic amines is 1. The van der Waals surface area contributed by atoms with Crippen molar-refractivity contribution in [1.29, 1.82) is 0 Å². The fraction of sp³-hybridized carbons (Fsp3) is 0.513. The minimum atomic E-state index is -4.58. The van der Waals surface area contributed by atoms with Gasteiger partial charge in [0.2, 0.25) is 5.95 Å². The SMILES string of the molecule is CCOC(=O)CN1CCN(C(=O)c2ccc(C(=O)Nc3nc4nc(-c5cnc(C6CC6)c(C(F)(F)F)c5)cc(N(C)CC5(COC)CCCC5)c4[nH]3)nc2)CC1. The molecular weight excluding hydrogens is 731 g/mol. The van der Waals surface area contributed by atoms with E-state index in [1.54, 1.807) is 25.0 Å². The van der Waals surface area contributed by atoms with Gasteiger partial charge in [0.25, 0.3) is 11.8 Å². The molecule has 0 aromatic carbocycles. The van der Waals surface area contributed by atoms with E-state index < -0.39 is 17.6 Å². The third-order valence-corrected chi connectivity index (χ3v) is 10.8. The number of anilines is 2. The number of carbonyl (C=O) groups is 3. The zero-order valence-electron chi connectivity index (χ0n) is 31.7. The third kappa shape index (κ3) is 8.63. The van der Waals surface area contributed by atoms with Gasteiger partial charge >= 0.3 is 12.1 Å². The lowest BCUT2D eigenvalue weighted by atomic mass is 9.86. The van der Waals surface area contributed by atoms with E-state index in [0.717, 1.165) is 31.7 Å². The molecule has 2 saturated carbocycles. The molecule has 3 aliphatic rings. The predicted molar refractivity (Wildman–Crippen MR) is 201 cm³/mol. The molecule has 2 aliphatic carbocycles. The van der Waals surface area contributed by atoms with E-state index in [4.69, 9.17) is 9.47 Å². The number of esters is 1. The summed E-state index contributed by atoms with van der Waals surface area (Å²) in [6.45, 7) is 5.33. The topological polar surface area (TPSA) is 159 Å². The first-order chi connectivity index (χ1) is 26.9. The van der Waals surface area contributed by atoms with Gasteiger partial charge in [-0.3, -0.25) is 34.6 Å². The molecule has 4 aromatic rings. The summed E-state index contributed by atoms with van der Waals surface area (Å²) < 4.78 is 53.4. The molecule has 1 saturated heterocycles. The second kappa shape index (κ2) is 16.1. The number of aromatic nitrogens is 5. The number of ether oxygens (including phenoxy) is 2. The first-order valence-corrected chi connectivity index (χ1v) is 19.0. The van der Waals surface area contributed by atoms with Crippen molar-refractivity contribution < 1.29 is 37.0 Å². The first-order valence-electron chi connectivity index (χ1n) is 19.0. The molecule has 0 spiro atoms. The van der Waals surface area contributed by atoms with E-state index in [1.165, 1.54) is 24.5 Å². The molecule has 2 N–H and O–H groups in total. The number of rotatable bonds is 13. The number of H-pyrrole nitrogens is 1. The Kier molecular flexibility index (Phi) is 11.3. The zero-order valence-corrected chi connectivity index (χ0v) is 31.7. The number of hydrogen-bond acceptors (Lipinski definition) is 11. The Bertz CT molecular complexity index is 2070. The molecular formula is C39H46F3N9O5. The molecule has 0 radical (unpaired) electrons. The number of halogens is 3. The summed E-state index contributed by atoms with van der Waals surface area (Å²) in [5, 5.41) is 2.72. The summed E-state index contributed by atoms with van der Waals surface area (Å²) in [7, 11) is 3.60. The van der Waals surface area contributed by atoms with Crippen LogP contribution in [-0.4, -0.2) is 119 Å². The number of amides is 2. The van der Waals surface area contributed by atoms with Gasteiger partial charge in [-0.15, -0.1) is 0 Å². The van der Waals surface area contributed by atoms with Gasteiger partial charge < -0.3 is 24.3 Å². The number of pyridine rings is 3. The lowest BCUT2D eigenvalue weighted by Crippen LogP contribution is -2.50. The van der Waals surface area contributed by atoms with Crippen LogP contribution in [0.25, 0.3) is 22.4 Å². The van der Waals surface area contributed by atoms with E-state index in [1.807, 2.05) is 16.8 Å². The molecule has 5 heterocycles. The Morgan fingerprint density at radius 2 is 1.79 bits per heavy atom. The van der Waals surface area contributed by atoms with E-state index in [2.05, 4.69) is 30.2 Å². The molecule has 298 valence electrons. The highest BCUT2D eigenvalue weighted by molar-refractivity contribution is 6.03. The summed E-state index contributed by atoms with van der Waals surface area (Å²) in [6.07, 6.45) is 3.66. The summed E-state index contributed by atoms with van der Waals surface area (Å²) in [5.74, 6) is -1.26. The van der Waals surface area contributed by atoms with Crippen LogP contribution in [0.3, 0.4) is 0 Å². The molecule has 3 fully saturated rings. The summed E-state index contributed by atoms with van der Waals surface area (Å²) in [4.78, 5) is 64.9. The van der Waals surface area contributed by atoms with Gasteiger partial charge in [0, 0.05) is 76.2 Å². The van der Waals surface area contributed by atoms with E-state index in [9.17, 15) is 27.6 Å². The van der Waals surface area contributed by atoms with Crippen LogP contribution in [0.5, 0.6) is 0 Å². The minimum absolute atomic E-state index is 0.0384. The molecule has 7 rings (SSSR count). The Balaban J connectivity index is 1.12. The van der Waals surface area contributed by atoms with Gasteiger partial charge in [0.1, 0.15) is 11.2 Å². The highest BCUT2D eigenvalue weighted by Crippen LogP contribution is 2.46. The lowest BCUT2D eigenvalue weighted by molar-refractivity contribution is -0.144. The molecule has 2 amide bonds. The Morgan fingerprint density at radius 3 is 2.43 bits per heavy atom. The van der Waals surface area contributed by atoms with Crippen LogP contribution in [0, 0.1) is 5.41 Å². The van der Waals surface area contributed by atoms with Crippen molar-refractivity contribution in [2.45, 2.75) is 57.5 Å². The normalized spacial score (nSPS) is 17.3. The fourth-order valence-electron chi connectivity index (χ4n) is 7.88. The molecule has 17 heteroatoms. The standard InChI is InChI=1S/C39H46F3N9O5/c1-4-56-31(52)21-50-13-15-51(16-14-50)36(54)25-9-10-28(43-19-25)35(53)48-37-46-33-30(49(2)22-38(23-55-3)11-5-6-12-38)18-29(45-34(33)47-37)26-17-27(39(40,41)42)32(44-20-26)24-7-8-24/h9-10,17-20,24H,4-8,11-16,21-23H2,1-3H3,(H2,45,46,47,48,53). The molecule has 4 aromatic heterocycles. The van der Waals surface area contributed by atoms with Crippen LogP contribution in [0.1, 0.15) is 83.5 Å². The van der Waals surface area contributed by atoms with Crippen LogP contribution < -0.4 is 10.2 Å². The predicted octanol–water partition coefficient (Wildman–Crippen LogP) is 5.53. The minimum Gasteiger partial charge on any atom is -0.465 e. The molecule has 0 bridgehead atoms. The highest BCUT2D eigenvalue weighted by atomic mass is 19.4. The van der Waals surface area contributed by atoms with Gasteiger partial charge in [0.15, 0.2) is 5.65 Å². The monoisotopic (exact) mass is 777 g/mol. The number of piperazine rings is 1. The number of carbonyl (C=O) groups excluding carboxylic acids is 3. The van der Waals surface area contributed by atoms with Gasteiger partial charge in [-0.1, -0.05) is 12.8 Å². The van der Waals surface area contributed by atoms with Gasteiger partial charge in [-0.2, -0.15) is 18.2 Å². The average Bonchev–Trinajstić information content (AvgIpc) is 3.80. The highest BCUT2D eigenvalue weighted by Gasteiger charge is 2.40. The van der Waals surface area contributed by atoms with Gasteiger partial charge in [-0.05, 0) is 56.9 Å². The molecule has 0 unspecified atom stereocenters. The summed E-state index contributed by atoms with van der Waals surface area (Å²) in [5.41, 5.74) is 1.34. The van der Waals surface area contributed by atoms with E-state index in [-0.39, 0.29) is 64.0 Å². The summed E-state index contributed by atoms with van der Waals surface area (Å²) >= 11 is 0. The van der Waals surface area contributed by atoms with Crippen molar-refractivity contribution >= 4 is 40.6 Å². The Labute approximate surface area is 322 Å². The smallest absolute Gasteiger partial charge is 0.418 e. The molecule has 56 heavy (non-hydrogen) atoms. The second-order valence-corrected chi connectivity index (χ2v) is 15.0. The Hall–Kier alpha value is -5.16. The maximum absolute atomic E-state index is 14.2. The van der Waals surface area contributed by atoms with Crippen LogP contribution in [0.4, 0.5) is 24.8 Å². The van der Waals surface area contributed by atoms with E-state index in [0.29, 0.717) is 75.5 Å². The van der Waals surface area contributed by atoms with Crippen LogP contribution in [0.2, 0.25) is 0 Å². The number of nitrogens with zero attached hydrogens (tertiary/aromatic N) is 7. The lowest BCUT2D eigenvalue weighted by Gasteiger charge is -2.34.